The number of aromatic amines is 1. The van der Waals surface area contributed by atoms with Gasteiger partial charge in [-0.2, -0.15) is 4.98 Å². The fraction of sp³-hybridized carbons (Fsp3) is 0.739. The van der Waals surface area contributed by atoms with Crippen molar-refractivity contribution < 1.29 is 9.59 Å². The molecule has 4 rings (SSSR count). The van der Waals surface area contributed by atoms with Crippen LogP contribution in [0.3, 0.4) is 0 Å². The number of nitrogens with zero attached hydrogens (tertiary/aromatic N) is 2. The number of rotatable bonds is 7. The Morgan fingerprint density at radius 2 is 2.00 bits per heavy atom. The molecule has 2 bridgehead atoms. The van der Waals surface area contributed by atoms with Gasteiger partial charge < -0.3 is 15.2 Å². The van der Waals surface area contributed by atoms with E-state index in [4.69, 9.17) is 0 Å². The number of carbonyl (C=O) groups is 2. The van der Waals surface area contributed by atoms with Crippen LogP contribution in [0.2, 0.25) is 0 Å². The van der Waals surface area contributed by atoms with Gasteiger partial charge in [-0.1, -0.05) is 13.3 Å². The van der Waals surface area contributed by atoms with Gasteiger partial charge in [-0.25, -0.2) is 4.79 Å². The van der Waals surface area contributed by atoms with E-state index >= 15 is 0 Å². The Bertz CT molecular complexity index is 865. The van der Waals surface area contributed by atoms with Crippen LogP contribution in [0.25, 0.3) is 0 Å². The number of nitrogens with one attached hydrogen (secondary N) is 2. The molecule has 1 aromatic heterocycles. The summed E-state index contributed by atoms with van der Waals surface area (Å²) in [7, 11) is 0. The maximum Gasteiger partial charge on any atom is 0.345 e. The lowest BCUT2D eigenvalue weighted by molar-refractivity contribution is -0.137. The molecule has 1 aliphatic carbocycles. The average Bonchev–Trinajstić information content (AvgIpc) is 3.22. The van der Waals surface area contributed by atoms with Crippen molar-refractivity contribution in [2.45, 2.75) is 90.6 Å². The summed E-state index contributed by atoms with van der Waals surface area (Å²) in [6.07, 6.45) is 8.12. The van der Waals surface area contributed by atoms with Gasteiger partial charge in [0.2, 0.25) is 11.8 Å². The first-order valence-electron chi connectivity index (χ1n) is 11.5. The molecule has 2 aliphatic heterocycles. The van der Waals surface area contributed by atoms with Crippen LogP contribution in [0.15, 0.2) is 4.79 Å². The van der Waals surface area contributed by atoms with Gasteiger partial charge in [0.05, 0.1) is 5.41 Å². The minimum atomic E-state index is -0.437. The Balaban J connectivity index is 1.44. The van der Waals surface area contributed by atoms with Crippen LogP contribution in [0, 0.1) is 25.2 Å². The summed E-state index contributed by atoms with van der Waals surface area (Å²) in [6.45, 7) is 6.54. The van der Waals surface area contributed by atoms with E-state index in [9.17, 15) is 14.4 Å². The maximum atomic E-state index is 13.2. The highest BCUT2D eigenvalue weighted by Gasteiger charge is 2.59. The molecule has 2 saturated heterocycles. The van der Waals surface area contributed by atoms with Crippen molar-refractivity contribution in [1.29, 1.82) is 0 Å². The van der Waals surface area contributed by atoms with E-state index in [2.05, 4.69) is 22.2 Å². The van der Waals surface area contributed by atoms with Gasteiger partial charge in [0.25, 0.3) is 0 Å². The summed E-state index contributed by atoms with van der Waals surface area (Å²) in [5, 5.41) is 3.22. The average molecular weight is 415 g/mol. The number of carbonyl (C=O) groups excluding carboxylic acids is 2. The molecule has 1 saturated carbocycles. The normalized spacial score (nSPS) is 27.9. The molecule has 0 radical (unpaired) electrons. The van der Waals surface area contributed by atoms with E-state index in [-0.39, 0.29) is 29.6 Å². The minimum absolute atomic E-state index is 0.0114. The topological polar surface area (TPSA) is 95.2 Å². The highest BCUT2D eigenvalue weighted by molar-refractivity contribution is 5.87. The first-order chi connectivity index (χ1) is 14.4. The number of hydrogen-bond acceptors (Lipinski definition) is 4. The zero-order chi connectivity index (χ0) is 21.5. The molecule has 2 N–H and O–H groups in total. The first kappa shape index (κ1) is 21.1. The van der Waals surface area contributed by atoms with Crippen LogP contribution in [0.1, 0.15) is 75.2 Å². The first-order valence-corrected chi connectivity index (χ1v) is 11.5. The second kappa shape index (κ2) is 8.16. The van der Waals surface area contributed by atoms with Crippen LogP contribution in [-0.2, 0) is 16.0 Å². The predicted octanol–water partition coefficient (Wildman–Crippen LogP) is 2.40. The van der Waals surface area contributed by atoms with E-state index in [0.717, 1.165) is 43.5 Å². The molecule has 3 aliphatic rings. The molecule has 3 fully saturated rings. The van der Waals surface area contributed by atoms with Crippen molar-refractivity contribution in [2.75, 3.05) is 6.54 Å². The zero-order valence-corrected chi connectivity index (χ0v) is 18.4. The fourth-order valence-corrected chi connectivity index (χ4v) is 5.94. The number of fused-ring (bicyclic) bond motifs is 2. The molecule has 0 unspecified atom stereocenters. The molecule has 2 amide bonds. The van der Waals surface area contributed by atoms with Crippen LogP contribution >= 0.6 is 0 Å². The van der Waals surface area contributed by atoms with E-state index in [0.29, 0.717) is 24.5 Å². The molecule has 3 atom stereocenters. The summed E-state index contributed by atoms with van der Waals surface area (Å²) < 4.78 is 0. The minimum Gasteiger partial charge on any atom is -0.355 e. The molecule has 3 heterocycles. The van der Waals surface area contributed by atoms with Crippen LogP contribution < -0.4 is 11.0 Å². The number of aromatic nitrogens is 2. The number of H-pyrrole nitrogens is 1. The quantitative estimate of drug-likeness (QED) is 0.716. The summed E-state index contributed by atoms with van der Waals surface area (Å²) in [6, 6.07) is 0.185. The zero-order valence-electron chi connectivity index (χ0n) is 18.4. The Morgan fingerprint density at radius 3 is 2.63 bits per heavy atom. The Kier molecular flexibility index (Phi) is 5.73. The van der Waals surface area contributed by atoms with Crippen molar-refractivity contribution in [1.82, 2.24) is 20.2 Å². The molecule has 0 aromatic carbocycles. The SMILES string of the molecule is CC[C@]1(C(=O)NCC2CCC2)C[C@H]2CC[C@@H]1N2C(=O)CCc1c(C)nc(=O)[nH]c1C. The number of amides is 2. The van der Waals surface area contributed by atoms with Gasteiger partial charge in [0, 0.05) is 36.4 Å². The van der Waals surface area contributed by atoms with Crippen molar-refractivity contribution in [3.8, 4) is 0 Å². The summed E-state index contributed by atoms with van der Waals surface area (Å²) >= 11 is 0. The second-order valence-electron chi connectivity index (χ2n) is 9.50. The predicted molar refractivity (Wildman–Crippen MR) is 114 cm³/mol. The molecule has 7 nitrogen and oxygen atoms in total. The highest BCUT2D eigenvalue weighted by atomic mass is 16.2. The van der Waals surface area contributed by atoms with Crippen LogP contribution in [0.4, 0.5) is 0 Å². The van der Waals surface area contributed by atoms with Gasteiger partial charge >= 0.3 is 5.69 Å². The standard InChI is InChI=1S/C23H34N4O3/c1-4-23(21(29)24-13-16-6-5-7-16)12-17-8-10-19(23)27(17)20(28)11-9-18-14(2)25-22(30)26-15(18)3/h16-17,19H,4-13H2,1-3H3,(H,24,29)(H,25,26,30)/t17-,19+,23+/m1/s1. The van der Waals surface area contributed by atoms with E-state index in [1.165, 1.54) is 19.3 Å². The smallest absolute Gasteiger partial charge is 0.345 e. The van der Waals surface area contributed by atoms with Gasteiger partial charge in [-0.15, -0.1) is 0 Å². The maximum absolute atomic E-state index is 13.2. The summed E-state index contributed by atoms with van der Waals surface area (Å²) in [5.74, 6) is 0.907. The van der Waals surface area contributed by atoms with Crippen molar-refractivity contribution in [2.24, 2.45) is 11.3 Å². The molecular formula is C23H34N4O3. The lowest BCUT2D eigenvalue weighted by atomic mass is 9.71. The third-order valence-corrected chi connectivity index (χ3v) is 7.93. The lowest BCUT2D eigenvalue weighted by Gasteiger charge is -2.36. The largest absolute Gasteiger partial charge is 0.355 e. The molecular weight excluding hydrogens is 380 g/mol. The van der Waals surface area contributed by atoms with E-state index < -0.39 is 5.41 Å². The Labute approximate surface area is 178 Å². The van der Waals surface area contributed by atoms with Gasteiger partial charge in [-0.05, 0) is 70.3 Å². The third-order valence-electron chi connectivity index (χ3n) is 7.93. The monoisotopic (exact) mass is 414 g/mol. The van der Waals surface area contributed by atoms with Gasteiger partial charge in [0.15, 0.2) is 0 Å². The summed E-state index contributed by atoms with van der Waals surface area (Å²) in [5.41, 5.74) is 1.62. The van der Waals surface area contributed by atoms with Gasteiger partial charge in [-0.3, -0.25) is 9.59 Å². The summed E-state index contributed by atoms with van der Waals surface area (Å²) in [4.78, 5) is 46.7. The van der Waals surface area contributed by atoms with Crippen molar-refractivity contribution in [3.05, 3.63) is 27.4 Å². The van der Waals surface area contributed by atoms with E-state index in [1.54, 1.807) is 0 Å². The van der Waals surface area contributed by atoms with Crippen molar-refractivity contribution in [3.63, 3.8) is 0 Å². The molecule has 0 spiro atoms. The van der Waals surface area contributed by atoms with Crippen LogP contribution in [-0.4, -0.2) is 45.3 Å². The molecule has 30 heavy (non-hydrogen) atoms. The van der Waals surface area contributed by atoms with Gasteiger partial charge in [0.1, 0.15) is 0 Å². The third kappa shape index (κ3) is 3.56. The second-order valence-corrected chi connectivity index (χ2v) is 9.50. The highest BCUT2D eigenvalue weighted by Crippen LogP contribution is 2.52. The van der Waals surface area contributed by atoms with E-state index in [1.807, 2.05) is 18.7 Å². The number of aryl methyl sites for hydroxylation is 2. The molecule has 164 valence electrons. The Hall–Kier alpha value is -2.18. The molecule has 7 heteroatoms. The fourth-order valence-electron chi connectivity index (χ4n) is 5.94. The Morgan fingerprint density at radius 1 is 1.23 bits per heavy atom. The molecule has 1 aromatic rings. The lowest BCUT2D eigenvalue weighted by Crippen LogP contribution is -2.50. The number of hydrogen-bond donors (Lipinski definition) is 2. The van der Waals surface area contributed by atoms with Crippen molar-refractivity contribution >= 4 is 11.8 Å². The van der Waals surface area contributed by atoms with Crippen LogP contribution in [0.5, 0.6) is 0 Å².